The van der Waals surface area contributed by atoms with Crippen LogP contribution < -0.4 is 5.32 Å². The normalized spacial score (nSPS) is 12.7. The Bertz CT molecular complexity index is 1380. The van der Waals surface area contributed by atoms with Crippen LogP contribution in [0.5, 0.6) is 0 Å². The number of carbonyl (C=O) groups is 1. The number of fused-ring (bicyclic) bond motifs is 1. The van der Waals surface area contributed by atoms with Gasteiger partial charge < -0.3 is 15.4 Å². The molecule has 0 aliphatic carbocycles. The fourth-order valence-electron chi connectivity index (χ4n) is 3.45. The molecule has 0 saturated heterocycles. The Labute approximate surface area is 191 Å². The molecule has 3 N–H and O–H groups in total. The first kappa shape index (κ1) is 22.6. The Hall–Kier alpha value is -3.56. The van der Waals surface area contributed by atoms with E-state index in [1.54, 1.807) is 44.3 Å². The van der Waals surface area contributed by atoms with Crippen LogP contribution in [-0.4, -0.2) is 46.2 Å². The van der Waals surface area contributed by atoms with Gasteiger partial charge in [-0.25, -0.2) is 18.4 Å². The first-order valence-electron chi connectivity index (χ1n) is 10.5. The predicted octanol–water partition coefficient (Wildman–Crippen LogP) is 3.27. The fraction of sp³-hybridized carbons (Fsp3) is 0.208. The zero-order chi connectivity index (χ0) is 23.6. The maximum absolute atomic E-state index is 13.0. The van der Waals surface area contributed by atoms with Crippen LogP contribution in [0.15, 0.2) is 71.9 Å². The zero-order valence-corrected chi connectivity index (χ0v) is 19.0. The molecule has 2 aromatic heterocycles. The van der Waals surface area contributed by atoms with E-state index in [1.165, 1.54) is 6.20 Å². The Kier molecular flexibility index (Phi) is 6.26. The van der Waals surface area contributed by atoms with Crippen molar-refractivity contribution < 1.29 is 18.3 Å². The van der Waals surface area contributed by atoms with Gasteiger partial charge in [0.05, 0.1) is 40.2 Å². The van der Waals surface area contributed by atoms with E-state index < -0.39 is 27.0 Å². The van der Waals surface area contributed by atoms with Gasteiger partial charge in [0.15, 0.2) is 15.5 Å². The topological polar surface area (TPSA) is 125 Å². The van der Waals surface area contributed by atoms with E-state index in [-0.39, 0.29) is 11.5 Å². The van der Waals surface area contributed by atoms with Crippen molar-refractivity contribution in [2.45, 2.75) is 30.0 Å². The number of aliphatic hydroxyl groups excluding tert-OH is 1. The number of aliphatic hydroxyl groups is 1. The van der Waals surface area contributed by atoms with Gasteiger partial charge in [-0.1, -0.05) is 42.5 Å². The highest BCUT2D eigenvalue weighted by Crippen LogP contribution is 2.24. The molecule has 1 atom stereocenters. The molecule has 4 aromatic rings. The average Bonchev–Trinajstić information content (AvgIpc) is 3.26. The second-order valence-electron chi connectivity index (χ2n) is 7.89. The molecule has 170 valence electrons. The fourth-order valence-corrected chi connectivity index (χ4v) is 4.51. The van der Waals surface area contributed by atoms with Crippen molar-refractivity contribution in [3.8, 4) is 11.3 Å². The number of nitrogens with one attached hydrogen (secondary N) is 2. The van der Waals surface area contributed by atoms with Gasteiger partial charge in [0, 0.05) is 11.8 Å². The van der Waals surface area contributed by atoms with Crippen molar-refractivity contribution >= 4 is 26.9 Å². The Morgan fingerprint density at radius 2 is 1.79 bits per heavy atom. The van der Waals surface area contributed by atoms with Gasteiger partial charge in [0.1, 0.15) is 5.52 Å². The summed E-state index contributed by atoms with van der Waals surface area (Å²) in [4.78, 5) is 25.1. The average molecular weight is 465 g/mol. The Morgan fingerprint density at radius 1 is 1.09 bits per heavy atom. The van der Waals surface area contributed by atoms with Crippen molar-refractivity contribution in [2.75, 3.05) is 6.61 Å². The van der Waals surface area contributed by atoms with Gasteiger partial charge in [0.2, 0.25) is 0 Å². The summed E-state index contributed by atoms with van der Waals surface area (Å²) in [6.45, 7) is 3.03. The van der Waals surface area contributed by atoms with Gasteiger partial charge in [-0.05, 0) is 31.5 Å². The van der Waals surface area contributed by atoms with E-state index in [4.69, 9.17) is 0 Å². The van der Waals surface area contributed by atoms with Crippen LogP contribution in [0, 0.1) is 0 Å². The van der Waals surface area contributed by atoms with Crippen molar-refractivity contribution in [1.82, 2.24) is 20.3 Å². The highest BCUT2D eigenvalue weighted by molar-refractivity contribution is 7.92. The molecule has 2 aromatic carbocycles. The third kappa shape index (κ3) is 4.50. The lowest BCUT2D eigenvalue weighted by molar-refractivity contribution is 0.0917. The summed E-state index contributed by atoms with van der Waals surface area (Å²) in [5.41, 5.74) is 3.10. The lowest BCUT2D eigenvalue weighted by atomic mass is 10.1. The van der Waals surface area contributed by atoms with Crippen molar-refractivity contribution in [2.24, 2.45) is 0 Å². The van der Waals surface area contributed by atoms with Gasteiger partial charge in [-0.15, -0.1) is 0 Å². The van der Waals surface area contributed by atoms with Crippen molar-refractivity contribution in [1.29, 1.82) is 0 Å². The van der Waals surface area contributed by atoms with E-state index in [2.05, 4.69) is 20.3 Å². The minimum Gasteiger partial charge on any atom is -0.394 e. The maximum atomic E-state index is 13.0. The van der Waals surface area contributed by atoms with E-state index in [0.717, 1.165) is 5.56 Å². The van der Waals surface area contributed by atoms with Crippen LogP contribution in [0.25, 0.3) is 22.4 Å². The lowest BCUT2D eigenvalue weighted by Crippen LogP contribution is -2.30. The van der Waals surface area contributed by atoms with Gasteiger partial charge >= 0.3 is 0 Å². The van der Waals surface area contributed by atoms with Gasteiger partial charge in [0.25, 0.3) is 5.91 Å². The molecule has 2 heterocycles. The van der Waals surface area contributed by atoms with Crippen LogP contribution in [0.3, 0.4) is 0 Å². The van der Waals surface area contributed by atoms with E-state index in [1.807, 2.05) is 30.3 Å². The van der Waals surface area contributed by atoms with Crippen LogP contribution in [0.2, 0.25) is 0 Å². The number of aromatic amines is 1. The van der Waals surface area contributed by atoms with Crippen LogP contribution in [0.4, 0.5) is 0 Å². The second kappa shape index (κ2) is 9.13. The number of hydrogen-bond donors (Lipinski definition) is 3. The lowest BCUT2D eigenvalue weighted by Gasteiger charge is -2.16. The van der Waals surface area contributed by atoms with Crippen LogP contribution in [0.1, 0.15) is 35.8 Å². The molecule has 0 unspecified atom stereocenters. The number of rotatable bonds is 7. The second-order valence-corrected chi connectivity index (χ2v) is 10.4. The van der Waals surface area contributed by atoms with Gasteiger partial charge in [-0.2, -0.15) is 0 Å². The van der Waals surface area contributed by atoms with Gasteiger partial charge in [-0.3, -0.25) is 4.79 Å². The predicted molar refractivity (Wildman–Crippen MR) is 125 cm³/mol. The summed E-state index contributed by atoms with van der Waals surface area (Å²) in [6, 6.07) is 15.1. The van der Waals surface area contributed by atoms with Crippen LogP contribution in [-0.2, 0) is 9.84 Å². The molecule has 33 heavy (non-hydrogen) atoms. The third-order valence-electron chi connectivity index (χ3n) is 5.41. The molecule has 0 fully saturated rings. The first-order valence-corrected chi connectivity index (χ1v) is 12.0. The molecule has 0 aliphatic heterocycles. The summed E-state index contributed by atoms with van der Waals surface area (Å²) < 4.78 is 24.7. The summed E-state index contributed by atoms with van der Waals surface area (Å²) in [5, 5.41) is 12.1. The molecule has 0 radical (unpaired) electrons. The van der Waals surface area contributed by atoms with E-state index >= 15 is 0 Å². The molecular formula is C24H24N4O4S. The molecule has 0 saturated carbocycles. The van der Waals surface area contributed by atoms with E-state index in [0.29, 0.717) is 28.0 Å². The van der Waals surface area contributed by atoms with Crippen LogP contribution >= 0.6 is 0 Å². The Balaban J connectivity index is 1.63. The molecule has 1 amide bonds. The number of benzene rings is 2. The maximum Gasteiger partial charge on any atom is 0.255 e. The SMILES string of the molecule is CC(C)S(=O)(=O)c1ccc(-c2cnc3[nH]cc(C(=O)N[C@H](CO)c4ccccc4)c3n2)cc1. The number of sulfone groups is 1. The molecule has 4 rings (SSSR count). The number of H-pyrrole nitrogens is 1. The quantitative estimate of drug-likeness (QED) is 0.385. The smallest absolute Gasteiger partial charge is 0.255 e. The molecule has 0 bridgehead atoms. The molecule has 0 spiro atoms. The molecular weight excluding hydrogens is 440 g/mol. The standard InChI is InChI=1S/C24H24N4O4S/c1-15(2)33(31,32)18-10-8-17(9-11-18)20-13-26-23-22(27-20)19(12-25-23)24(30)28-21(14-29)16-6-4-3-5-7-16/h3-13,15,21,29H,14H2,1-2H3,(H,25,26)(H,28,30)/t21-/m1/s1. The van der Waals surface area contributed by atoms with E-state index in [9.17, 15) is 18.3 Å². The third-order valence-corrected chi connectivity index (χ3v) is 7.58. The largest absolute Gasteiger partial charge is 0.394 e. The minimum absolute atomic E-state index is 0.243. The number of carbonyl (C=O) groups excluding carboxylic acids is 1. The highest BCUT2D eigenvalue weighted by Gasteiger charge is 2.21. The Morgan fingerprint density at radius 3 is 2.42 bits per heavy atom. The molecule has 9 heteroatoms. The summed E-state index contributed by atoms with van der Waals surface area (Å²) in [6.07, 6.45) is 3.09. The number of amides is 1. The number of nitrogens with zero attached hydrogens (tertiary/aromatic N) is 2. The summed E-state index contributed by atoms with van der Waals surface area (Å²) >= 11 is 0. The minimum atomic E-state index is -3.37. The zero-order valence-electron chi connectivity index (χ0n) is 18.2. The summed E-state index contributed by atoms with van der Waals surface area (Å²) in [5.74, 6) is -0.394. The van der Waals surface area contributed by atoms with Crippen molar-refractivity contribution in [3.63, 3.8) is 0 Å². The summed E-state index contributed by atoms with van der Waals surface area (Å²) in [7, 11) is -3.37. The van der Waals surface area contributed by atoms with Crippen molar-refractivity contribution in [3.05, 3.63) is 78.1 Å². The molecule has 0 aliphatic rings. The highest BCUT2D eigenvalue weighted by atomic mass is 32.2. The monoisotopic (exact) mass is 464 g/mol. The number of aromatic nitrogens is 3. The first-order chi connectivity index (χ1) is 15.8. The number of hydrogen-bond acceptors (Lipinski definition) is 6. The molecule has 8 nitrogen and oxygen atoms in total.